The largest absolute Gasteiger partial charge is 0.393 e. The van der Waals surface area contributed by atoms with Gasteiger partial charge in [0.05, 0.1) is 4.99 Å². The van der Waals surface area contributed by atoms with Crippen LogP contribution in [-0.4, -0.2) is 28.9 Å². The molecule has 0 aromatic heterocycles. The van der Waals surface area contributed by atoms with Gasteiger partial charge in [0, 0.05) is 24.9 Å². The first-order chi connectivity index (χ1) is 8.01. The van der Waals surface area contributed by atoms with Crippen LogP contribution in [0.5, 0.6) is 0 Å². The van der Waals surface area contributed by atoms with Gasteiger partial charge < -0.3 is 10.6 Å². The zero-order valence-corrected chi connectivity index (χ0v) is 11.4. The van der Waals surface area contributed by atoms with Gasteiger partial charge in [0.2, 0.25) is 5.91 Å². The van der Waals surface area contributed by atoms with E-state index in [4.69, 9.17) is 18.0 Å². The van der Waals surface area contributed by atoms with Crippen LogP contribution < -0.4 is 5.73 Å². The molecule has 0 spiro atoms. The molecule has 96 valence electrons. The number of carbonyl (C=O) groups excluding carboxylic acids is 1. The predicted molar refractivity (Wildman–Crippen MR) is 72.7 cm³/mol. The molecule has 17 heavy (non-hydrogen) atoms. The van der Waals surface area contributed by atoms with Crippen molar-refractivity contribution >= 4 is 23.1 Å². The summed E-state index contributed by atoms with van der Waals surface area (Å²) in [6.45, 7) is 3.75. The monoisotopic (exact) mass is 254 g/mol. The number of carbonyl (C=O) groups is 1. The molecular formula is C13H22N2OS. The number of nitrogens with two attached hydrogens (primary N) is 1. The summed E-state index contributed by atoms with van der Waals surface area (Å²) in [5.74, 6) is 0.992. The maximum absolute atomic E-state index is 12.0. The Morgan fingerprint density at radius 2 is 2.00 bits per heavy atom. The number of hydrogen-bond donors (Lipinski definition) is 1. The van der Waals surface area contributed by atoms with Crippen molar-refractivity contribution in [1.82, 2.24) is 4.90 Å². The van der Waals surface area contributed by atoms with Gasteiger partial charge in [-0.3, -0.25) is 4.79 Å². The van der Waals surface area contributed by atoms with E-state index in [2.05, 4.69) is 6.92 Å². The van der Waals surface area contributed by atoms with E-state index in [0.717, 1.165) is 32.4 Å². The van der Waals surface area contributed by atoms with Gasteiger partial charge in [-0.15, -0.1) is 0 Å². The van der Waals surface area contributed by atoms with Gasteiger partial charge in [-0.1, -0.05) is 25.6 Å². The van der Waals surface area contributed by atoms with Gasteiger partial charge in [0.1, 0.15) is 0 Å². The van der Waals surface area contributed by atoms with Crippen LogP contribution in [-0.2, 0) is 4.79 Å². The molecule has 1 aliphatic heterocycles. The lowest BCUT2D eigenvalue weighted by molar-refractivity contribution is -0.134. The van der Waals surface area contributed by atoms with Crippen LogP contribution in [0.25, 0.3) is 0 Å². The molecule has 0 atom stereocenters. The molecule has 4 heteroatoms. The third-order valence-electron chi connectivity index (χ3n) is 4.50. The van der Waals surface area contributed by atoms with E-state index in [1.165, 1.54) is 19.3 Å². The first kappa shape index (κ1) is 12.8. The topological polar surface area (TPSA) is 46.3 Å². The Morgan fingerprint density at radius 3 is 2.41 bits per heavy atom. The van der Waals surface area contributed by atoms with E-state index in [0.29, 0.717) is 16.8 Å². The highest BCUT2D eigenvalue weighted by molar-refractivity contribution is 7.80. The third kappa shape index (κ3) is 2.79. The molecule has 1 aliphatic carbocycles. The first-order valence-electron chi connectivity index (χ1n) is 6.59. The van der Waals surface area contributed by atoms with Gasteiger partial charge >= 0.3 is 0 Å². The van der Waals surface area contributed by atoms with Crippen molar-refractivity contribution < 1.29 is 4.79 Å². The van der Waals surface area contributed by atoms with Crippen LogP contribution in [0.15, 0.2) is 0 Å². The summed E-state index contributed by atoms with van der Waals surface area (Å²) in [6, 6.07) is 0. The van der Waals surface area contributed by atoms with Crippen LogP contribution in [0.3, 0.4) is 0 Å². The van der Waals surface area contributed by atoms with Crippen LogP contribution in [0.2, 0.25) is 0 Å². The standard InChI is InChI=1S/C13H22N2OS/c1-13(12(14)17)5-7-15(8-6-13)11(16)9-10-3-2-4-10/h10H,2-9H2,1H3,(H2,14,17). The number of piperidine rings is 1. The molecule has 3 nitrogen and oxygen atoms in total. The Labute approximate surface area is 109 Å². The molecule has 2 N–H and O–H groups in total. The lowest BCUT2D eigenvalue weighted by atomic mass is 9.79. The number of thiocarbonyl (C=S) groups is 1. The van der Waals surface area contributed by atoms with Gasteiger partial charge in [0.25, 0.3) is 0 Å². The number of hydrogen-bond acceptors (Lipinski definition) is 2. The van der Waals surface area contributed by atoms with Gasteiger partial charge in [-0.25, -0.2) is 0 Å². The van der Waals surface area contributed by atoms with Crippen LogP contribution in [0.1, 0.15) is 45.4 Å². The zero-order chi connectivity index (χ0) is 12.5. The summed E-state index contributed by atoms with van der Waals surface area (Å²) in [6.07, 6.45) is 6.37. The Morgan fingerprint density at radius 1 is 1.41 bits per heavy atom. The normalized spacial score (nSPS) is 24.2. The number of amides is 1. The summed E-state index contributed by atoms with van der Waals surface area (Å²) in [5.41, 5.74) is 5.72. The van der Waals surface area contributed by atoms with E-state index in [1.54, 1.807) is 0 Å². The average Bonchev–Trinajstić information content (AvgIpc) is 2.24. The smallest absolute Gasteiger partial charge is 0.222 e. The summed E-state index contributed by atoms with van der Waals surface area (Å²) < 4.78 is 0. The molecule has 2 rings (SSSR count). The maximum Gasteiger partial charge on any atom is 0.222 e. The summed E-state index contributed by atoms with van der Waals surface area (Å²) in [4.78, 5) is 14.6. The molecule has 0 radical (unpaired) electrons. The SMILES string of the molecule is CC1(C(N)=S)CCN(C(=O)CC2CCC2)CC1. The minimum atomic E-state index is -0.0391. The number of rotatable bonds is 3. The molecule has 0 aromatic rings. The number of nitrogens with zero attached hydrogens (tertiary/aromatic N) is 1. The van der Waals surface area contributed by atoms with Gasteiger partial charge in [0.15, 0.2) is 0 Å². The highest BCUT2D eigenvalue weighted by atomic mass is 32.1. The van der Waals surface area contributed by atoms with Gasteiger partial charge in [-0.2, -0.15) is 0 Å². The van der Waals surface area contributed by atoms with Crippen LogP contribution in [0.4, 0.5) is 0 Å². The fourth-order valence-corrected chi connectivity index (χ4v) is 2.77. The minimum absolute atomic E-state index is 0.0391. The van der Waals surface area contributed by atoms with Crippen molar-refractivity contribution in [2.45, 2.75) is 45.4 Å². The van der Waals surface area contributed by atoms with Crippen molar-refractivity contribution in [3.05, 3.63) is 0 Å². The van der Waals surface area contributed by atoms with Crippen molar-refractivity contribution in [2.24, 2.45) is 17.1 Å². The fraction of sp³-hybridized carbons (Fsp3) is 0.846. The quantitative estimate of drug-likeness (QED) is 0.785. The van der Waals surface area contributed by atoms with E-state index < -0.39 is 0 Å². The zero-order valence-electron chi connectivity index (χ0n) is 10.6. The van der Waals surface area contributed by atoms with E-state index in [9.17, 15) is 4.79 Å². The molecule has 1 saturated carbocycles. The molecule has 2 fully saturated rings. The van der Waals surface area contributed by atoms with Crippen molar-refractivity contribution in [1.29, 1.82) is 0 Å². The summed E-state index contributed by atoms with van der Waals surface area (Å²) in [7, 11) is 0. The summed E-state index contributed by atoms with van der Waals surface area (Å²) in [5, 5.41) is 0. The predicted octanol–water partition coefficient (Wildman–Crippen LogP) is 2.09. The number of likely N-dealkylation sites (tertiary alicyclic amines) is 1. The van der Waals surface area contributed by atoms with E-state index in [-0.39, 0.29) is 5.41 Å². The molecule has 0 bridgehead atoms. The highest BCUT2D eigenvalue weighted by Crippen LogP contribution is 2.33. The third-order valence-corrected chi connectivity index (χ3v) is 5.00. The molecule has 1 amide bonds. The van der Waals surface area contributed by atoms with E-state index >= 15 is 0 Å². The second kappa shape index (κ2) is 4.92. The molecule has 1 heterocycles. The van der Waals surface area contributed by atoms with Crippen LogP contribution in [0, 0.1) is 11.3 Å². The van der Waals surface area contributed by atoms with Crippen molar-refractivity contribution in [3.8, 4) is 0 Å². The molecule has 0 aromatic carbocycles. The van der Waals surface area contributed by atoms with E-state index in [1.807, 2.05) is 4.90 Å². The van der Waals surface area contributed by atoms with Crippen molar-refractivity contribution in [3.63, 3.8) is 0 Å². The summed E-state index contributed by atoms with van der Waals surface area (Å²) >= 11 is 5.11. The van der Waals surface area contributed by atoms with Gasteiger partial charge in [-0.05, 0) is 31.6 Å². The lowest BCUT2D eigenvalue weighted by Crippen LogP contribution is -2.47. The Bertz CT molecular complexity index is 317. The second-order valence-electron chi connectivity index (χ2n) is 5.81. The average molecular weight is 254 g/mol. The van der Waals surface area contributed by atoms with Crippen LogP contribution >= 0.6 is 12.2 Å². The lowest BCUT2D eigenvalue weighted by Gasteiger charge is -2.39. The molecule has 2 aliphatic rings. The molecule has 1 saturated heterocycles. The minimum Gasteiger partial charge on any atom is -0.393 e. The maximum atomic E-state index is 12.0. The highest BCUT2D eigenvalue weighted by Gasteiger charge is 2.34. The Hall–Kier alpha value is -0.640. The Balaban J connectivity index is 1.81. The Kier molecular flexibility index (Phi) is 3.71. The molecular weight excluding hydrogens is 232 g/mol. The van der Waals surface area contributed by atoms with Crippen molar-refractivity contribution in [2.75, 3.05) is 13.1 Å². The fourth-order valence-electron chi connectivity index (χ4n) is 2.57. The first-order valence-corrected chi connectivity index (χ1v) is 7.00. The second-order valence-corrected chi connectivity index (χ2v) is 6.25. The molecule has 0 unspecified atom stereocenters.